The van der Waals surface area contributed by atoms with Crippen LogP contribution in [0.3, 0.4) is 0 Å². The zero-order chi connectivity index (χ0) is 14.2. The summed E-state index contributed by atoms with van der Waals surface area (Å²) in [5.41, 5.74) is 4.79. The van der Waals surface area contributed by atoms with Gasteiger partial charge in [0.25, 0.3) is 0 Å². The molecule has 1 aliphatic heterocycles. The normalized spacial score (nSPS) is 18.5. The number of aromatic nitrogens is 3. The molecule has 4 rings (SSSR count). The fourth-order valence-electron chi connectivity index (χ4n) is 2.98. The molecule has 2 aliphatic rings. The first-order valence-electron chi connectivity index (χ1n) is 7.77. The molecule has 0 bridgehead atoms. The SMILES string of the molecule is Cc1cccc(CN2CCc3nc(C4CC4)ncc3C2)n1. The molecule has 0 N–H and O–H groups in total. The first-order chi connectivity index (χ1) is 10.3. The minimum absolute atomic E-state index is 0.643. The van der Waals surface area contributed by atoms with Crippen LogP contribution in [0.5, 0.6) is 0 Å². The zero-order valence-electron chi connectivity index (χ0n) is 12.4. The van der Waals surface area contributed by atoms with Gasteiger partial charge in [-0.05, 0) is 31.9 Å². The Balaban J connectivity index is 1.48. The standard InChI is InChI=1S/C17H20N4/c1-12-3-2-4-15(19-12)11-21-8-7-16-14(10-21)9-18-17(20-16)13-5-6-13/h2-4,9,13H,5-8,10-11H2,1H3. The van der Waals surface area contributed by atoms with Crippen LogP contribution >= 0.6 is 0 Å². The van der Waals surface area contributed by atoms with E-state index in [0.717, 1.165) is 43.3 Å². The number of pyridine rings is 1. The summed E-state index contributed by atoms with van der Waals surface area (Å²) in [6.07, 6.45) is 5.61. The summed E-state index contributed by atoms with van der Waals surface area (Å²) in [5, 5.41) is 0. The molecule has 3 heterocycles. The third kappa shape index (κ3) is 2.81. The second-order valence-electron chi connectivity index (χ2n) is 6.21. The zero-order valence-corrected chi connectivity index (χ0v) is 12.4. The minimum atomic E-state index is 0.643. The Labute approximate surface area is 125 Å². The van der Waals surface area contributed by atoms with Crippen molar-refractivity contribution in [2.24, 2.45) is 0 Å². The van der Waals surface area contributed by atoms with Crippen molar-refractivity contribution in [2.45, 2.75) is 45.2 Å². The monoisotopic (exact) mass is 280 g/mol. The van der Waals surface area contributed by atoms with E-state index in [1.54, 1.807) is 0 Å². The largest absolute Gasteiger partial charge is 0.293 e. The maximum absolute atomic E-state index is 4.78. The average Bonchev–Trinajstić information content (AvgIpc) is 3.31. The van der Waals surface area contributed by atoms with E-state index < -0.39 is 0 Å². The van der Waals surface area contributed by atoms with Gasteiger partial charge in [0.05, 0.1) is 5.69 Å². The number of aryl methyl sites for hydroxylation is 1. The summed E-state index contributed by atoms with van der Waals surface area (Å²) in [4.78, 5) is 16.4. The molecular formula is C17H20N4. The number of rotatable bonds is 3. The van der Waals surface area contributed by atoms with Gasteiger partial charge in [0.15, 0.2) is 0 Å². The Morgan fingerprint density at radius 1 is 1.24 bits per heavy atom. The molecule has 4 nitrogen and oxygen atoms in total. The maximum Gasteiger partial charge on any atom is 0.131 e. The predicted octanol–water partition coefficient (Wildman–Crippen LogP) is 2.62. The van der Waals surface area contributed by atoms with Crippen LogP contribution in [-0.4, -0.2) is 26.4 Å². The molecule has 0 aromatic carbocycles. The average molecular weight is 280 g/mol. The molecule has 2 aromatic heterocycles. The van der Waals surface area contributed by atoms with Crippen LogP contribution in [0, 0.1) is 6.92 Å². The molecule has 108 valence electrons. The van der Waals surface area contributed by atoms with E-state index in [0.29, 0.717) is 5.92 Å². The van der Waals surface area contributed by atoms with Gasteiger partial charge in [0, 0.05) is 55.1 Å². The van der Waals surface area contributed by atoms with E-state index in [1.165, 1.54) is 24.1 Å². The molecule has 0 radical (unpaired) electrons. The molecule has 1 aliphatic carbocycles. The van der Waals surface area contributed by atoms with E-state index in [1.807, 2.05) is 19.2 Å². The van der Waals surface area contributed by atoms with Crippen molar-refractivity contribution >= 4 is 0 Å². The first kappa shape index (κ1) is 12.9. The number of nitrogens with zero attached hydrogens (tertiary/aromatic N) is 4. The fraction of sp³-hybridized carbons (Fsp3) is 0.471. The summed E-state index contributed by atoms with van der Waals surface area (Å²) in [6.45, 7) is 4.95. The molecule has 0 atom stereocenters. The molecular weight excluding hydrogens is 260 g/mol. The van der Waals surface area contributed by atoms with E-state index >= 15 is 0 Å². The Kier molecular flexibility index (Phi) is 3.19. The highest BCUT2D eigenvalue weighted by atomic mass is 15.1. The molecule has 4 heteroatoms. The van der Waals surface area contributed by atoms with Crippen LogP contribution < -0.4 is 0 Å². The molecule has 1 saturated carbocycles. The highest BCUT2D eigenvalue weighted by Crippen LogP contribution is 2.38. The van der Waals surface area contributed by atoms with E-state index in [-0.39, 0.29) is 0 Å². The van der Waals surface area contributed by atoms with Gasteiger partial charge in [-0.2, -0.15) is 0 Å². The topological polar surface area (TPSA) is 41.9 Å². The van der Waals surface area contributed by atoms with Crippen LogP contribution in [-0.2, 0) is 19.5 Å². The van der Waals surface area contributed by atoms with Crippen LogP contribution in [0.4, 0.5) is 0 Å². The lowest BCUT2D eigenvalue weighted by Crippen LogP contribution is -2.31. The Morgan fingerprint density at radius 3 is 2.95 bits per heavy atom. The Morgan fingerprint density at radius 2 is 2.14 bits per heavy atom. The fourth-order valence-corrected chi connectivity index (χ4v) is 2.98. The van der Waals surface area contributed by atoms with Crippen molar-refractivity contribution in [3.63, 3.8) is 0 Å². The highest BCUT2D eigenvalue weighted by Gasteiger charge is 2.28. The lowest BCUT2D eigenvalue weighted by molar-refractivity contribution is 0.239. The molecule has 0 saturated heterocycles. The summed E-state index contributed by atoms with van der Waals surface area (Å²) < 4.78 is 0. The quantitative estimate of drug-likeness (QED) is 0.866. The van der Waals surface area contributed by atoms with Gasteiger partial charge in [-0.15, -0.1) is 0 Å². The summed E-state index contributed by atoms with van der Waals surface area (Å²) >= 11 is 0. The molecule has 0 amide bonds. The minimum Gasteiger partial charge on any atom is -0.293 e. The van der Waals surface area contributed by atoms with Gasteiger partial charge < -0.3 is 0 Å². The van der Waals surface area contributed by atoms with Crippen LogP contribution in [0.1, 0.15) is 47.2 Å². The second kappa shape index (κ2) is 5.19. The van der Waals surface area contributed by atoms with Crippen LogP contribution in [0.25, 0.3) is 0 Å². The lowest BCUT2D eigenvalue weighted by atomic mass is 10.1. The summed E-state index contributed by atoms with van der Waals surface area (Å²) in [6, 6.07) is 6.23. The Hall–Kier alpha value is -1.81. The van der Waals surface area contributed by atoms with Gasteiger partial charge in [-0.3, -0.25) is 9.88 Å². The van der Waals surface area contributed by atoms with Gasteiger partial charge in [0.1, 0.15) is 5.82 Å². The molecule has 1 fully saturated rings. The number of hydrogen-bond acceptors (Lipinski definition) is 4. The molecule has 0 spiro atoms. The van der Waals surface area contributed by atoms with Crippen molar-refractivity contribution in [3.05, 3.63) is 52.9 Å². The predicted molar refractivity (Wildman–Crippen MR) is 80.8 cm³/mol. The Bertz CT molecular complexity index is 664. The van der Waals surface area contributed by atoms with Gasteiger partial charge in [0.2, 0.25) is 0 Å². The third-order valence-electron chi connectivity index (χ3n) is 4.31. The van der Waals surface area contributed by atoms with Crippen molar-refractivity contribution in [1.29, 1.82) is 0 Å². The van der Waals surface area contributed by atoms with Crippen LogP contribution in [0.15, 0.2) is 24.4 Å². The maximum atomic E-state index is 4.78. The summed E-state index contributed by atoms with van der Waals surface area (Å²) in [5.74, 6) is 1.72. The van der Waals surface area contributed by atoms with Crippen molar-refractivity contribution in [3.8, 4) is 0 Å². The van der Waals surface area contributed by atoms with Crippen LogP contribution in [0.2, 0.25) is 0 Å². The van der Waals surface area contributed by atoms with Gasteiger partial charge in [-0.1, -0.05) is 6.07 Å². The third-order valence-corrected chi connectivity index (χ3v) is 4.31. The van der Waals surface area contributed by atoms with Gasteiger partial charge in [-0.25, -0.2) is 9.97 Å². The first-order valence-corrected chi connectivity index (χ1v) is 7.77. The highest BCUT2D eigenvalue weighted by molar-refractivity contribution is 5.23. The van der Waals surface area contributed by atoms with Gasteiger partial charge >= 0.3 is 0 Å². The van der Waals surface area contributed by atoms with E-state index in [4.69, 9.17) is 4.98 Å². The molecule has 2 aromatic rings. The van der Waals surface area contributed by atoms with Crippen molar-refractivity contribution in [1.82, 2.24) is 19.9 Å². The molecule has 0 unspecified atom stereocenters. The lowest BCUT2D eigenvalue weighted by Gasteiger charge is -2.27. The van der Waals surface area contributed by atoms with E-state index in [9.17, 15) is 0 Å². The number of fused-ring (bicyclic) bond motifs is 1. The second-order valence-corrected chi connectivity index (χ2v) is 6.21. The smallest absolute Gasteiger partial charge is 0.131 e. The van der Waals surface area contributed by atoms with Crippen molar-refractivity contribution < 1.29 is 0 Å². The van der Waals surface area contributed by atoms with E-state index in [2.05, 4.69) is 27.0 Å². The molecule has 21 heavy (non-hydrogen) atoms. The van der Waals surface area contributed by atoms with Crippen molar-refractivity contribution in [2.75, 3.05) is 6.54 Å². The number of hydrogen-bond donors (Lipinski definition) is 0. The summed E-state index contributed by atoms with van der Waals surface area (Å²) in [7, 11) is 0.